The summed E-state index contributed by atoms with van der Waals surface area (Å²) in [5, 5.41) is 2.89. The fourth-order valence-electron chi connectivity index (χ4n) is 2.85. The Bertz CT molecular complexity index is 650. The number of carbonyl (C=O) groups excluding carboxylic acids is 1. The van der Waals surface area contributed by atoms with E-state index < -0.39 is 10.0 Å². The van der Waals surface area contributed by atoms with Crippen LogP contribution in [-0.2, 0) is 14.8 Å². The molecule has 0 unspecified atom stereocenters. The second-order valence-corrected chi connectivity index (χ2v) is 7.72. The van der Waals surface area contributed by atoms with E-state index >= 15 is 0 Å². The summed E-state index contributed by atoms with van der Waals surface area (Å²) in [6.07, 6.45) is 7.45. The van der Waals surface area contributed by atoms with Gasteiger partial charge in [0.1, 0.15) is 5.75 Å². The lowest BCUT2D eigenvalue weighted by molar-refractivity contribution is -0.120. The number of rotatable bonds is 5. The summed E-state index contributed by atoms with van der Waals surface area (Å²) in [7, 11) is -1.96. The van der Waals surface area contributed by atoms with Gasteiger partial charge in [0.15, 0.2) is 0 Å². The standard InChI is InChI=1S/C16H24N2O4S/c1-22-15-10-9-13(11-14(15)18-23(2,20)21)17-16(19)12-7-5-3-4-6-8-12/h9-12,18H,3-8H2,1-2H3,(H,17,19). The number of hydrogen-bond donors (Lipinski definition) is 2. The second kappa shape index (κ2) is 7.68. The Morgan fingerprint density at radius 2 is 1.83 bits per heavy atom. The molecule has 7 heteroatoms. The Morgan fingerprint density at radius 1 is 1.17 bits per heavy atom. The van der Waals surface area contributed by atoms with Crippen LogP contribution in [0, 0.1) is 5.92 Å². The second-order valence-electron chi connectivity index (χ2n) is 5.97. The van der Waals surface area contributed by atoms with Gasteiger partial charge in [0.25, 0.3) is 0 Å². The maximum absolute atomic E-state index is 12.4. The predicted molar refractivity (Wildman–Crippen MR) is 91.3 cm³/mol. The van der Waals surface area contributed by atoms with E-state index in [1.54, 1.807) is 18.2 Å². The third kappa shape index (κ3) is 5.42. The van der Waals surface area contributed by atoms with Gasteiger partial charge in [-0.25, -0.2) is 8.42 Å². The topological polar surface area (TPSA) is 84.5 Å². The molecule has 1 aromatic rings. The normalized spacial score (nSPS) is 16.4. The number of anilines is 2. The van der Waals surface area contributed by atoms with Crippen molar-refractivity contribution < 1.29 is 17.9 Å². The molecule has 2 N–H and O–H groups in total. The Kier molecular flexibility index (Phi) is 5.87. The summed E-state index contributed by atoms with van der Waals surface area (Å²) in [5.74, 6) is 0.441. The molecular formula is C16H24N2O4S. The predicted octanol–water partition coefficient (Wildman–Crippen LogP) is 2.98. The van der Waals surface area contributed by atoms with Gasteiger partial charge in [0.2, 0.25) is 15.9 Å². The van der Waals surface area contributed by atoms with E-state index in [9.17, 15) is 13.2 Å². The number of benzene rings is 1. The van der Waals surface area contributed by atoms with E-state index in [4.69, 9.17) is 4.74 Å². The molecule has 0 bridgehead atoms. The van der Waals surface area contributed by atoms with Crippen molar-refractivity contribution in [2.45, 2.75) is 38.5 Å². The average molecular weight is 340 g/mol. The van der Waals surface area contributed by atoms with Crippen LogP contribution in [0.4, 0.5) is 11.4 Å². The molecule has 0 heterocycles. The highest BCUT2D eigenvalue weighted by atomic mass is 32.2. The minimum atomic E-state index is -3.42. The quantitative estimate of drug-likeness (QED) is 0.807. The molecule has 0 radical (unpaired) electrons. The van der Waals surface area contributed by atoms with E-state index in [-0.39, 0.29) is 11.8 Å². The Labute approximate surface area is 137 Å². The fraction of sp³-hybridized carbons (Fsp3) is 0.562. The van der Waals surface area contributed by atoms with Crippen LogP contribution in [0.15, 0.2) is 18.2 Å². The molecule has 2 rings (SSSR count). The van der Waals surface area contributed by atoms with E-state index in [1.165, 1.54) is 20.0 Å². The smallest absolute Gasteiger partial charge is 0.229 e. The first kappa shape index (κ1) is 17.6. The SMILES string of the molecule is COc1ccc(NC(=O)C2CCCCCC2)cc1NS(C)(=O)=O. The zero-order valence-corrected chi connectivity index (χ0v) is 14.4. The van der Waals surface area contributed by atoms with Crippen LogP contribution in [0.3, 0.4) is 0 Å². The molecule has 128 valence electrons. The lowest BCUT2D eigenvalue weighted by Crippen LogP contribution is -2.22. The first-order chi connectivity index (χ1) is 10.9. The van der Waals surface area contributed by atoms with Crippen LogP contribution in [0.25, 0.3) is 0 Å². The summed E-state index contributed by atoms with van der Waals surface area (Å²) < 4.78 is 30.4. The minimum Gasteiger partial charge on any atom is -0.495 e. The first-order valence-electron chi connectivity index (χ1n) is 7.86. The molecule has 1 aliphatic carbocycles. The number of carbonyl (C=O) groups is 1. The monoisotopic (exact) mass is 340 g/mol. The van der Waals surface area contributed by atoms with Crippen molar-refractivity contribution >= 4 is 27.3 Å². The highest BCUT2D eigenvalue weighted by molar-refractivity contribution is 7.92. The van der Waals surface area contributed by atoms with Crippen molar-refractivity contribution in [3.63, 3.8) is 0 Å². The fourth-order valence-corrected chi connectivity index (χ4v) is 3.41. The zero-order valence-electron chi connectivity index (χ0n) is 13.6. The zero-order chi connectivity index (χ0) is 16.9. The molecule has 0 atom stereocenters. The van der Waals surface area contributed by atoms with Gasteiger partial charge in [-0.05, 0) is 31.0 Å². The van der Waals surface area contributed by atoms with Gasteiger partial charge in [-0.1, -0.05) is 25.7 Å². The number of sulfonamides is 1. The van der Waals surface area contributed by atoms with Gasteiger partial charge in [0, 0.05) is 11.6 Å². The van der Waals surface area contributed by atoms with E-state index in [0.717, 1.165) is 31.9 Å². The molecule has 1 amide bonds. The van der Waals surface area contributed by atoms with Crippen LogP contribution in [0.5, 0.6) is 5.75 Å². The number of amides is 1. The van der Waals surface area contributed by atoms with Crippen LogP contribution in [0.2, 0.25) is 0 Å². The molecule has 0 saturated heterocycles. The summed E-state index contributed by atoms with van der Waals surface area (Å²) >= 11 is 0. The van der Waals surface area contributed by atoms with E-state index in [0.29, 0.717) is 17.1 Å². The lowest BCUT2D eigenvalue weighted by Gasteiger charge is -2.16. The largest absolute Gasteiger partial charge is 0.495 e. The van der Waals surface area contributed by atoms with Gasteiger partial charge < -0.3 is 10.1 Å². The van der Waals surface area contributed by atoms with E-state index in [1.807, 2.05) is 0 Å². The Morgan fingerprint density at radius 3 is 2.39 bits per heavy atom. The minimum absolute atomic E-state index is 0.00220. The maximum atomic E-state index is 12.4. The van der Waals surface area contributed by atoms with E-state index in [2.05, 4.69) is 10.0 Å². The van der Waals surface area contributed by atoms with Gasteiger partial charge >= 0.3 is 0 Å². The Hall–Kier alpha value is -1.76. The van der Waals surface area contributed by atoms with Crippen LogP contribution in [-0.4, -0.2) is 27.7 Å². The molecule has 1 saturated carbocycles. The third-order valence-electron chi connectivity index (χ3n) is 3.99. The van der Waals surface area contributed by atoms with Crippen LogP contribution >= 0.6 is 0 Å². The van der Waals surface area contributed by atoms with Crippen LogP contribution < -0.4 is 14.8 Å². The molecule has 0 aromatic heterocycles. The van der Waals surface area contributed by atoms with Crippen molar-refractivity contribution in [2.75, 3.05) is 23.4 Å². The Balaban J connectivity index is 2.13. The van der Waals surface area contributed by atoms with Gasteiger partial charge in [-0.2, -0.15) is 0 Å². The molecule has 1 aromatic carbocycles. The van der Waals surface area contributed by atoms with Gasteiger partial charge in [0.05, 0.1) is 19.1 Å². The summed E-state index contributed by atoms with van der Waals surface area (Å²) in [6, 6.07) is 4.92. The van der Waals surface area contributed by atoms with Gasteiger partial charge in [-0.3, -0.25) is 9.52 Å². The lowest BCUT2D eigenvalue weighted by atomic mass is 9.99. The molecule has 23 heavy (non-hydrogen) atoms. The third-order valence-corrected chi connectivity index (χ3v) is 4.58. The van der Waals surface area contributed by atoms with Crippen molar-refractivity contribution in [2.24, 2.45) is 5.92 Å². The average Bonchev–Trinajstić information content (AvgIpc) is 2.75. The van der Waals surface area contributed by atoms with Crippen LogP contribution in [0.1, 0.15) is 38.5 Å². The number of ether oxygens (including phenoxy) is 1. The van der Waals surface area contributed by atoms with Crippen molar-refractivity contribution in [1.82, 2.24) is 0 Å². The van der Waals surface area contributed by atoms with Crippen molar-refractivity contribution in [1.29, 1.82) is 0 Å². The molecule has 6 nitrogen and oxygen atoms in total. The number of hydrogen-bond acceptors (Lipinski definition) is 4. The summed E-state index contributed by atoms with van der Waals surface area (Å²) in [6.45, 7) is 0. The van der Waals surface area contributed by atoms with Crippen molar-refractivity contribution in [3.8, 4) is 5.75 Å². The molecule has 1 aliphatic rings. The summed E-state index contributed by atoms with van der Waals surface area (Å²) in [5.41, 5.74) is 0.875. The number of methoxy groups -OCH3 is 1. The molecule has 0 spiro atoms. The molecular weight excluding hydrogens is 316 g/mol. The maximum Gasteiger partial charge on any atom is 0.229 e. The number of nitrogens with one attached hydrogen (secondary N) is 2. The van der Waals surface area contributed by atoms with Crippen molar-refractivity contribution in [3.05, 3.63) is 18.2 Å². The first-order valence-corrected chi connectivity index (χ1v) is 9.75. The highest BCUT2D eigenvalue weighted by Crippen LogP contribution is 2.30. The molecule has 0 aliphatic heterocycles. The highest BCUT2D eigenvalue weighted by Gasteiger charge is 2.20. The molecule has 1 fully saturated rings. The summed E-state index contributed by atoms with van der Waals surface area (Å²) in [4.78, 5) is 12.4. The van der Waals surface area contributed by atoms with Gasteiger partial charge in [-0.15, -0.1) is 0 Å².